The van der Waals surface area contributed by atoms with Crippen molar-refractivity contribution >= 4 is 17.8 Å². The summed E-state index contributed by atoms with van der Waals surface area (Å²) in [4.78, 5) is 43.1. The molecule has 3 fully saturated rings. The molecule has 0 aromatic heterocycles. The van der Waals surface area contributed by atoms with Crippen LogP contribution in [0.5, 0.6) is 11.5 Å². The Labute approximate surface area is 187 Å². The van der Waals surface area contributed by atoms with Gasteiger partial charge in [-0.1, -0.05) is 18.9 Å². The van der Waals surface area contributed by atoms with E-state index in [9.17, 15) is 14.4 Å². The van der Waals surface area contributed by atoms with E-state index >= 15 is 0 Å². The summed E-state index contributed by atoms with van der Waals surface area (Å²) in [5.74, 6) is 1.57. The van der Waals surface area contributed by atoms with Crippen LogP contribution < -0.4 is 14.8 Å². The van der Waals surface area contributed by atoms with E-state index in [1.807, 2.05) is 17.0 Å². The van der Waals surface area contributed by atoms with E-state index in [0.717, 1.165) is 56.8 Å². The Morgan fingerprint density at radius 3 is 2.56 bits per heavy atom. The molecule has 3 aliphatic heterocycles. The lowest BCUT2D eigenvalue weighted by atomic mass is 9.98. The van der Waals surface area contributed by atoms with Crippen LogP contribution in [-0.4, -0.2) is 77.6 Å². The number of fused-ring (bicyclic) bond motifs is 1. The molecular formula is C23H30N4O5. The van der Waals surface area contributed by atoms with E-state index in [4.69, 9.17) is 9.47 Å². The van der Waals surface area contributed by atoms with E-state index in [-0.39, 0.29) is 24.6 Å². The number of carbonyl (C=O) groups is 3. The van der Waals surface area contributed by atoms with Crippen molar-refractivity contribution in [2.45, 2.75) is 50.6 Å². The molecule has 1 saturated carbocycles. The number of imide groups is 1. The van der Waals surface area contributed by atoms with Gasteiger partial charge in [0.25, 0.3) is 5.91 Å². The van der Waals surface area contributed by atoms with Gasteiger partial charge in [-0.15, -0.1) is 0 Å². The second-order valence-corrected chi connectivity index (χ2v) is 9.12. The highest BCUT2D eigenvalue weighted by atomic mass is 16.7. The molecule has 172 valence electrons. The number of rotatable bonds is 6. The zero-order valence-electron chi connectivity index (χ0n) is 18.3. The van der Waals surface area contributed by atoms with Gasteiger partial charge in [0, 0.05) is 45.7 Å². The van der Waals surface area contributed by atoms with Crippen molar-refractivity contribution in [2.24, 2.45) is 0 Å². The number of benzene rings is 1. The third kappa shape index (κ3) is 4.01. The Hall–Kier alpha value is -2.81. The summed E-state index contributed by atoms with van der Waals surface area (Å²) >= 11 is 0. The van der Waals surface area contributed by atoms with E-state index < -0.39 is 5.54 Å². The average molecular weight is 443 g/mol. The molecule has 9 nitrogen and oxygen atoms in total. The van der Waals surface area contributed by atoms with E-state index in [1.54, 1.807) is 0 Å². The highest BCUT2D eigenvalue weighted by Crippen LogP contribution is 2.35. The topological polar surface area (TPSA) is 91.4 Å². The van der Waals surface area contributed by atoms with Crippen LogP contribution in [0.25, 0.3) is 0 Å². The Morgan fingerprint density at radius 2 is 1.78 bits per heavy atom. The molecule has 1 N–H and O–H groups in total. The second-order valence-electron chi connectivity index (χ2n) is 9.12. The molecule has 9 heteroatoms. The fraction of sp³-hybridized carbons (Fsp3) is 0.609. The van der Waals surface area contributed by atoms with Crippen molar-refractivity contribution in [3.05, 3.63) is 23.8 Å². The van der Waals surface area contributed by atoms with Gasteiger partial charge in [-0.2, -0.15) is 0 Å². The maximum Gasteiger partial charge on any atom is 0.325 e. The maximum absolute atomic E-state index is 12.7. The molecule has 5 rings (SSSR count). The molecule has 1 spiro atoms. The van der Waals surface area contributed by atoms with Crippen LogP contribution in [0, 0.1) is 0 Å². The average Bonchev–Trinajstić information content (AvgIpc) is 3.51. The first-order valence-corrected chi connectivity index (χ1v) is 11.6. The smallest absolute Gasteiger partial charge is 0.325 e. The van der Waals surface area contributed by atoms with Crippen molar-refractivity contribution in [1.82, 2.24) is 20.0 Å². The van der Waals surface area contributed by atoms with Gasteiger partial charge in [0.15, 0.2) is 11.5 Å². The number of nitrogens with zero attached hydrogens (tertiary/aromatic N) is 3. The number of hydrogen-bond acceptors (Lipinski definition) is 6. The SMILES string of the molecule is O=C(CCCN1C(=O)NC2(CCCC2)C1=O)N1CCN(Cc2ccc3c(c2)OCO3)CC1. The molecule has 2 saturated heterocycles. The second kappa shape index (κ2) is 8.61. The lowest BCUT2D eigenvalue weighted by Crippen LogP contribution is -2.48. The van der Waals surface area contributed by atoms with Gasteiger partial charge in [-0.3, -0.25) is 19.4 Å². The number of nitrogens with one attached hydrogen (secondary N) is 1. The van der Waals surface area contributed by atoms with Crippen LogP contribution >= 0.6 is 0 Å². The van der Waals surface area contributed by atoms with Crippen LogP contribution in [0.15, 0.2) is 18.2 Å². The van der Waals surface area contributed by atoms with Crippen molar-refractivity contribution in [2.75, 3.05) is 39.5 Å². The van der Waals surface area contributed by atoms with Gasteiger partial charge in [0.05, 0.1) is 0 Å². The molecule has 1 aliphatic carbocycles. The van der Waals surface area contributed by atoms with Gasteiger partial charge >= 0.3 is 6.03 Å². The van der Waals surface area contributed by atoms with E-state index in [2.05, 4.69) is 16.3 Å². The Morgan fingerprint density at radius 1 is 1.03 bits per heavy atom. The van der Waals surface area contributed by atoms with Crippen molar-refractivity contribution in [3.63, 3.8) is 0 Å². The fourth-order valence-electron chi connectivity index (χ4n) is 5.20. The first-order valence-electron chi connectivity index (χ1n) is 11.6. The van der Waals surface area contributed by atoms with Crippen molar-refractivity contribution in [1.29, 1.82) is 0 Å². The third-order valence-electron chi connectivity index (χ3n) is 7.04. The molecule has 1 aromatic rings. The first-order chi connectivity index (χ1) is 15.5. The zero-order valence-corrected chi connectivity index (χ0v) is 18.3. The normalized spacial score (nSPS) is 22.1. The predicted octanol–water partition coefficient (Wildman–Crippen LogP) is 1.70. The molecule has 4 amide bonds. The molecule has 4 aliphatic rings. The molecule has 32 heavy (non-hydrogen) atoms. The van der Waals surface area contributed by atoms with Crippen LogP contribution in [0.4, 0.5) is 4.79 Å². The summed E-state index contributed by atoms with van der Waals surface area (Å²) in [5, 5.41) is 2.89. The van der Waals surface area contributed by atoms with Crippen LogP contribution in [0.1, 0.15) is 44.1 Å². The monoisotopic (exact) mass is 442 g/mol. The number of hydrogen-bond donors (Lipinski definition) is 1. The van der Waals surface area contributed by atoms with E-state index in [1.165, 1.54) is 10.5 Å². The number of ether oxygens (including phenoxy) is 2. The van der Waals surface area contributed by atoms with Gasteiger partial charge in [-0.25, -0.2) is 4.79 Å². The maximum atomic E-state index is 12.7. The van der Waals surface area contributed by atoms with Gasteiger partial charge in [0.2, 0.25) is 12.7 Å². The quantitative estimate of drug-likeness (QED) is 0.675. The first kappa shape index (κ1) is 21.1. The third-order valence-corrected chi connectivity index (χ3v) is 7.04. The minimum Gasteiger partial charge on any atom is -0.454 e. The van der Waals surface area contributed by atoms with Crippen LogP contribution in [0.2, 0.25) is 0 Å². The molecule has 0 radical (unpaired) electrons. The van der Waals surface area contributed by atoms with Crippen molar-refractivity contribution in [3.8, 4) is 11.5 Å². The Balaban J connectivity index is 1.05. The predicted molar refractivity (Wildman–Crippen MR) is 115 cm³/mol. The largest absolute Gasteiger partial charge is 0.454 e. The Bertz CT molecular complexity index is 906. The van der Waals surface area contributed by atoms with Gasteiger partial charge in [0.1, 0.15) is 5.54 Å². The van der Waals surface area contributed by atoms with E-state index in [0.29, 0.717) is 32.5 Å². The molecular weight excluding hydrogens is 412 g/mol. The fourth-order valence-corrected chi connectivity index (χ4v) is 5.20. The molecule has 1 aromatic carbocycles. The highest BCUT2D eigenvalue weighted by molar-refractivity contribution is 6.07. The number of carbonyl (C=O) groups excluding carboxylic acids is 3. The highest BCUT2D eigenvalue weighted by Gasteiger charge is 2.52. The molecule has 0 bridgehead atoms. The zero-order chi connectivity index (χ0) is 22.1. The summed E-state index contributed by atoms with van der Waals surface area (Å²) in [7, 11) is 0. The standard InChI is InChI=1S/C23H30N4O5/c28-20(4-3-9-27-21(29)23(24-22(27)30)7-1-2-8-23)26-12-10-25(11-13-26)15-17-5-6-18-19(14-17)32-16-31-18/h5-6,14H,1-4,7-13,15-16H2,(H,24,30). The van der Waals surface area contributed by atoms with Gasteiger partial charge < -0.3 is 19.7 Å². The summed E-state index contributed by atoms with van der Waals surface area (Å²) < 4.78 is 10.8. The summed E-state index contributed by atoms with van der Waals surface area (Å²) in [6.07, 6.45) is 4.25. The molecule has 0 atom stereocenters. The number of urea groups is 1. The molecule has 3 heterocycles. The Kier molecular flexibility index (Phi) is 5.67. The van der Waals surface area contributed by atoms with Crippen LogP contribution in [0.3, 0.4) is 0 Å². The minimum atomic E-state index is -0.671. The number of amides is 4. The number of piperazine rings is 1. The molecule has 0 unspecified atom stereocenters. The summed E-state index contributed by atoms with van der Waals surface area (Å²) in [5.41, 5.74) is 0.498. The summed E-state index contributed by atoms with van der Waals surface area (Å²) in [6, 6.07) is 5.71. The minimum absolute atomic E-state index is 0.0929. The lowest BCUT2D eigenvalue weighted by molar-refractivity contribution is -0.134. The lowest BCUT2D eigenvalue weighted by Gasteiger charge is -2.35. The van der Waals surface area contributed by atoms with Crippen LogP contribution in [-0.2, 0) is 16.1 Å². The van der Waals surface area contributed by atoms with Crippen molar-refractivity contribution < 1.29 is 23.9 Å². The summed E-state index contributed by atoms with van der Waals surface area (Å²) in [6.45, 7) is 4.41. The van der Waals surface area contributed by atoms with Gasteiger partial charge in [-0.05, 0) is 37.0 Å².